The van der Waals surface area contributed by atoms with E-state index >= 15 is 0 Å². The second kappa shape index (κ2) is 6.13. The van der Waals surface area contributed by atoms with E-state index in [1.165, 1.54) is 30.5 Å². The average Bonchev–Trinajstić information content (AvgIpc) is 2.77. The van der Waals surface area contributed by atoms with Gasteiger partial charge < -0.3 is 4.74 Å². The molecule has 116 valence electrons. The fourth-order valence-corrected chi connectivity index (χ4v) is 3.04. The Morgan fingerprint density at radius 1 is 1.32 bits per heavy atom. The predicted molar refractivity (Wildman–Crippen MR) is 85.9 cm³/mol. The quantitative estimate of drug-likeness (QED) is 0.770. The molecule has 0 saturated carbocycles. The van der Waals surface area contributed by atoms with Crippen LogP contribution in [0.4, 0.5) is 4.39 Å². The van der Waals surface area contributed by atoms with Crippen LogP contribution in [0.5, 0.6) is 11.5 Å². The Kier molecular flexibility index (Phi) is 4.21. The van der Waals surface area contributed by atoms with E-state index < -0.39 is 0 Å². The Morgan fingerprint density at radius 2 is 2.14 bits per heavy atom. The summed E-state index contributed by atoms with van der Waals surface area (Å²) >= 11 is 6.07. The van der Waals surface area contributed by atoms with Crippen molar-refractivity contribution >= 4 is 17.2 Å². The molecule has 0 atom stereocenters. The van der Waals surface area contributed by atoms with Crippen LogP contribution in [-0.2, 0) is 7.05 Å². The highest BCUT2D eigenvalue weighted by Gasteiger charge is 2.21. The second-order valence-corrected chi connectivity index (χ2v) is 5.95. The maximum absolute atomic E-state index is 13.2. The van der Waals surface area contributed by atoms with E-state index in [1.807, 2.05) is 18.7 Å². The van der Waals surface area contributed by atoms with Gasteiger partial charge in [0.05, 0.1) is 5.02 Å². The Hall–Kier alpha value is -1.81. The van der Waals surface area contributed by atoms with Gasteiger partial charge in [0.2, 0.25) is 0 Å². The zero-order chi connectivity index (χ0) is 15.7. The highest BCUT2D eigenvalue weighted by Crippen LogP contribution is 2.39. The molecule has 0 fully saturated rings. The molecule has 1 aromatic heterocycles. The molecule has 2 aromatic rings. The second-order valence-electron chi connectivity index (χ2n) is 5.54. The van der Waals surface area contributed by atoms with Gasteiger partial charge in [-0.3, -0.25) is 4.68 Å². The third kappa shape index (κ3) is 2.88. The number of rotatable bonds is 3. The Morgan fingerprint density at radius 3 is 2.82 bits per heavy atom. The van der Waals surface area contributed by atoms with Crippen molar-refractivity contribution in [2.24, 2.45) is 7.05 Å². The zero-order valence-electron chi connectivity index (χ0n) is 12.7. The first kappa shape index (κ1) is 15.1. The van der Waals surface area contributed by atoms with Gasteiger partial charge in [0, 0.05) is 7.05 Å². The number of halogens is 2. The summed E-state index contributed by atoms with van der Waals surface area (Å²) in [5, 5.41) is 4.72. The third-order valence-corrected chi connectivity index (χ3v) is 4.16. The molecule has 1 heterocycles. The summed E-state index contributed by atoms with van der Waals surface area (Å²) in [5.74, 6) is 0.761. The Bertz CT molecular complexity index is 737. The highest BCUT2D eigenvalue weighted by atomic mass is 35.5. The minimum absolute atomic E-state index is 0.256. The number of aromatic nitrogens is 2. The Balaban J connectivity index is 2.01. The summed E-state index contributed by atoms with van der Waals surface area (Å²) in [5.41, 5.74) is 3.03. The minimum atomic E-state index is -0.379. The number of hydrogen-bond acceptors (Lipinski definition) is 2. The molecule has 0 saturated heterocycles. The first-order valence-corrected chi connectivity index (χ1v) is 7.80. The minimum Gasteiger partial charge on any atom is -0.452 e. The molecular weight excluding hydrogens is 303 g/mol. The number of aryl methyl sites for hydroxylation is 2. The molecule has 0 N–H and O–H groups in total. The molecule has 1 aliphatic carbocycles. The van der Waals surface area contributed by atoms with E-state index in [4.69, 9.17) is 16.3 Å². The summed E-state index contributed by atoms with van der Waals surface area (Å²) in [7, 11) is 1.91. The van der Waals surface area contributed by atoms with E-state index in [1.54, 1.807) is 6.07 Å². The molecule has 0 radical (unpaired) electrons. The van der Waals surface area contributed by atoms with Gasteiger partial charge in [-0.1, -0.05) is 17.7 Å². The SMILES string of the molecule is Cc1nn(C)c(C2=CCCCC2)c1Oc1ccc(F)cc1Cl. The molecule has 0 aliphatic heterocycles. The van der Waals surface area contributed by atoms with Gasteiger partial charge in [0.25, 0.3) is 0 Å². The molecule has 3 nitrogen and oxygen atoms in total. The van der Waals surface area contributed by atoms with E-state index in [9.17, 15) is 4.39 Å². The number of benzene rings is 1. The van der Waals surface area contributed by atoms with Crippen LogP contribution in [0.2, 0.25) is 5.02 Å². The van der Waals surface area contributed by atoms with Crippen LogP contribution in [-0.4, -0.2) is 9.78 Å². The van der Waals surface area contributed by atoms with E-state index in [2.05, 4.69) is 11.2 Å². The molecule has 0 spiro atoms. The fourth-order valence-electron chi connectivity index (χ4n) is 2.84. The van der Waals surface area contributed by atoms with Gasteiger partial charge >= 0.3 is 0 Å². The zero-order valence-corrected chi connectivity index (χ0v) is 13.5. The van der Waals surface area contributed by atoms with Crippen molar-refractivity contribution in [1.29, 1.82) is 0 Å². The fraction of sp³-hybridized carbons (Fsp3) is 0.353. The molecule has 1 aromatic carbocycles. The van der Waals surface area contributed by atoms with Crippen molar-refractivity contribution in [2.45, 2.75) is 32.6 Å². The maximum Gasteiger partial charge on any atom is 0.175 e. The smallest absolute Gasteiger partial charge is 0.175 e. The topological polar surface area (TPSA) is 27.1 Å². The molecule has 5 heteroatoms. The monoisotopic (exact) mass is 320 g/mol. The molecular formula is C17H18ClFN2O. The standard InChI is InChI=1S/C17H18ClFN2O/c1-11-17(22-15-9-8-13(19)10-14(15)18)16(21(2)20-11)12-6-4-3-5-7-12/h6,8-10H,3-5,7H2,1-2H3. The van der Waals surface area contributed by atoms with Crippen LogP contribution in [0.15, 0.2) is 24.3 Å². The lowest BCUT2D eigenvalue weighted by Gasteiger charge is -2.15. The van der Waals surface area contributed by atoms with Gasteiger partial charge in [0.1, 0.15) is 23.0 Å². The van der Waals surface area contributed by atoms with Crippen LogP contribution >= 0.6 is 11.6 Å². The summed E-state index contributed by atoms with van der Waals surface area (Å²) in [6.45, 7) is 1.90. The van der Waals surface area contributed by atoms with Crippen molar-refractivity contribution in [3.8, 4) is 11.5 Å². The van der Waals surface area contributed by atoms with Crippen molar-refractivity contribution in [1.82, 2.24) is 9.78 Å². The van der Waals surface area contributed by atoms with E-state index in [-0.39, 0.29) is 10.8 Å². The van der Waals surface area contributed by atoms with E-state index in [0.29, 0.717) is 11.5 Å². The molecule has 3 rings (SSSR count). The van der Waals surface area contributed by atoms with Crippen LogP contribution < -0.4 is 4.74 Å². The number of hydrogen-bond donors (Lipinski definition) is 0. The number of allylic oxidation sites excluding steroid dienone is 2. The van der Waals surface area contributed by atoms with Crippen LogP contribution in [0.25, 0.3) is 5.57 Å². The lowest BCUT2D eigenvalue weighted by Crippen LogP contribution is -2.01. The van der Waals surface area contributed by atoms with Gasteiger partial charge in [-0.05, 0) is 56.4 Å². The highest BCUT2D eigenvalue weighted by molar-refractivity contribution is 6.32. The number of ether oxygens (including phenoxy) is 1. The van der Waals surface area contributed by atoms with Crippen molar-refractivity contribution in [3.63, 3.8) is 0 Å². The number of nitrogens with zero attached hydrogens (tertiary/aromatic N) is 2. The van der Waals surface area contributed by atoms with Gasteiger partial charge in [-0.2, -0.15) is 5.10 Å². The third-order valence-electron chi connectivity index (χ3n) is 3.87. The molecule has 1 aliphatic rings. The van der Waals surface area contributed by atoms with Gasteiger partial charge in [-0.25, -0.2) is 4.39 Å². The van der Waals surface area contributed by atoms with Gasteiger partial charge in [0.15, 0.2) is 5.75 Å². The largest absolute Gasteiger partial charge is 0.452 e. The Labute approximate surface area is 134 Å². The van der Waals surface area contributed by atoms with Crippen LogP contribution in [0.1, 0.15) is 37.1 Å². The molecule has 0 amide bonds. The first-order chi connectivity index (χ1) is 10.6. The lowest BCUT2D eigenvalue weighted by atomic mass is 9.96. The predicted octanol–water partition coefficient (Wildman–Crippen LogP) is 5.27. The van der Waals surface area contributed by atoms with Crippen LogP contribution in [0, 0.1) is 12.7 Å². The van der Waals surface area contributed by atoms with Crippen LogP contribution in [0.3, 0.4) is 0 Å². The average molecular weight is 321 g/mol. The van der Waals surface area contributed by atoms with Crippen molar-refractivity contribution in [3.05, 3.63) is 46.5 Å². The van der Waals surface area contributed by atoms with E-state index in [0.717, 1.165) is 24.2 Å². The first-order valence-electron chi connectivity index (χ1n) is 7.42. The maximum atomic E-state index is 13.2. The van der Waals surface area contributed by atoms with Crippen molar-refractivity contribution in [2.75, 3.05) is 0 Å². The molecule has 22 heavy (non-hydrogen) atoms. The lowest BCUT2D eigenvalue weighted by molar-refractivity contribution is 0.474. The summed E-state index contributed by atoms with van der Waals surface area (Å²) in [4.78, 5) is 0. The normalized spacial score (nSPS) is 14.8. The summed E-state index contributed by atoms with van der Waals surface area (Å²) < 4.78 is 21.0. The van der Waals surface area contributed by atoms with Crippen molar-refractivity contribution < 1.29 is 9.13 Å². The summed E-state index contributed by atoms with van der Waals surface area (Å²) in [6.07, 6.45) is 6.75. The molecule has 0 unspecified atom stereocenters. The summed E-state index contributed by atoms with van der Waals surface area (Å²) in [6, 6.07) is 4.14. The van der Waals surface area contributed by atoms with Gasteiger partial charge in [-0.15, -0.1) is 0 Å². The molecule has 0 bridgehead atoms.